The van der Waals surface area contributed by atoms with E-state index in [0.717, 1.165) is 82.8 Å². The van der Waals surface area contributed by atoms with Gasteiger partial charge in [-0.05, 0) is 76.9 Å². The van der Waals surface area contributed by atoms with Gasteiger partial charge in [-0.1, -0.05) is 109 Å². The number of aromatic nitrogens is 3. The van der Waals surface area contributed by atoms with Crippen LogP contribution in [0.3, 0.4) is 0 Å². The summed E-state index contributed by atoms with van der Waals surface area (Å²) in [4.78, 5) is 15.1. The Labute approximate surface area is 287 Å². The lowest BCUT2D eigenvalue weighted by Crippen LogP contribution is -2.00. The van der Waals surface area contributed by atoms with Gasteiger partial charge in [-0.25, -0.2) is 15.0 Å². The van der Waals surface area contributed by atoms with E-state index < -0.39 is 0 Å². The summed E-state index contributed by atoms with van der Waals surface area (Å²) in [5, 5.41) is 4.29. The average molecular weight is 642 g/mol. The number of furan rings is 2. The molecule has 50 heavy (non-hydrogen) atoms. The number of rotatable bonds is 5. The lowest BCUT2D eigenvalue weighted by molar-refractivity contribution is 0.668. The van der Waals surface area contributed by atoms with Crippen molar-refractivity contribution >= 4 is 43.9 Å². The molecular weight excluding hydrogens is 615 g/mol. The number of hydrogen-bond donors (Lipinski definition) is 0. The maximum absolute atomic E-state index is 6.33. The van der Waals surface area contributed by atoms with Crippen LogP contribution in [-0.4, -0.2) is 15.0 Å². The van der Waals surface area contributed by atoms with E-state index >= 15 is 0 Å². The zero-order valence-corrected chi connectivity index (χ0v) is 26.7. The fraction of sp³-hybridized carbons (Fsp3) is 0. The molecule has 3 aromatic heterocycles. The summed E-state index contributed by atoms with van der Waals surface area (Å²) < 4.78 is 12.5. The van der Waals surface area contributed by atoms with Crippen LogP contribution in [0.1, 0.15) is 0 Å². The fourth-order valence-electron chi connectivity index (χ4n) is 6.82. The average Bonchev–Trinajstić information content (AvgIpc) is 3.75. The Morgan fingerprint density at radius 3 is 1.44 bits per heavy atom. The molecule has 10 rings (SSSR count). The number of hydrogen-bond acceptors (Lipinski definition) is 5. The molecule has 7 aromatic carbocycles. The van der Waals surface area contributed by atoms with Crippen molar-refractivity contribution in [2.45, 2.75) is 0 Å². The molecule has 0 bridgehead atoms. The van der Waals surface area contributed by atoms with E-state index in [2.05, 4.69) is 84.9 Å². The lowest BCUT2D eigenvalue weighted by atomic mass is 10.0. The minimum atomic E-state index is 0.597. The van der Waals surface area contributed by atoms with E-state index in [1.807, 2.05) is 78.9 Å². The summed E-state index contributed by atoms with van der Waals surface area (Å²) in [6.45, 7) is 0. The van der Waals surface area contributed by atoms with Gasteiger partial charge in [0.1, 0.15) is 22.3 Å². The maximum Gasteiger partial charge on any atom is 0.164 e. The first-order valence-electron chi connectivity index (χ1n) is 16.6. The van der Waals surface area contributed by atoms with Crippen LogP contribution >= 0.6 is 0 Å². The molecule has 5 nitrogen and oxygen atoms in total. The van der Waals surface area contributed by atoms with Gasteiger partial charge in [-0.3, -0.25) is 0 Å². The lowest BCUT2D eigenvalue weighted by Gasteiger charge is -2.10. The van der Waals surface area contributed by atoms with Crippen LogP contribution in [0.25, 0.3) is 100 Å². The highest BCUT2D eigenvalue weighted by atomic mass is 16.3. The molecule has 3 heterocycles. The Morgan fingerprint density at radius 1 is 0.260 bits per heavy atom. The molecule has 0 atom stereocenters. The Balaban J connectivity index is 1.08. The van der Waals surface area contributed by atoms with Crippen LogP contribution in [0.4, 0.5) is 0 Å². The first-order valence-corrected chi connectivity index (χ1v) is 16.6. The Morgan fingerprint density at radius 2 is 0.720 bits per heavy atom. The molecule has 0 aliphatic carbocycles. The monoisotopic (exact) mass is 641 g/mol. The highest BCUT2D eigenvalue weighted by Crippen LogP contribution is 2.36. The van der Waals surface area contributed by atoms with Gasteiger partial charge in [0.2, 0.25) is 0 Å². The number of fused-ring (bicyclic) bond motifs is 6. The van der Waals surface area contributed by atoms with Crippen molar-refractivity contribution in [3.8, 4) is 56.4 Å². The van der Waals surface area contributed by atoms with E-state index in [4.69, 9.17) is 23.8 Å². The standard InChI is InChI=1S/C45H27N3O2/c1-3-10-28(11-4-1)31-18-22-37-38-25-34(20-23-40(38)50-42(37)26-31)45-47-43(29-12-5-2-6-13-29)46-44(48-45)33-15-9-14-30(24-33)32-19-21-36-35-16-7-8-17-39(35)49-41(36)27-32/h1-27H. The third-order valence-corrected chi connectivity index (χ3v) is 9.34. The van der Waals surface area contributed by atoms with E-state index in [1.54, 1.807) is 0 Å². The number of para-hydroxylation sites is 1. The zero-order valence-electron chi connectivity index (χ0n) is 26.7. The minimum absolute atomic E-state index is 0.597. The largest absolute Gasteiger partial charge is 0.456 e. The van der Waals surface area contributed by atoms with Gasteiger partial charge in [0, 0.05) is 38.2 Å². The van der Waals surface area contributed by atoms with Crippen molar-refractivity contribution in [1.29, 1.82) is 0 Å². The molecule has 0 spiro atoms. The fourth-order valence-corrected chi connectivity index (χ4v) is 6.82. The zero-order chi connectivity index (χ0) is 33.0. The highest BCUT2D eigenvalue weighted by Gasteiger charge is 2.16. The molecule has 0 radical (unpaired) electrons. The summed E-state index contributed by atoms with van der Waals surface area (Å²) in [6, 6.07) is 55.8. The molecule has 0 saturated carbocycles. The maximum atomic E-state index is 6.33. The molecule has 0 N–H and O–H groups in total. The second-order valence-electron chi connectivity index (χ2n) is 12.5. The predicted molar refractivity (Wildman–Crippen MR) is 202 cm³/mol. The SMILES string of the molecule is c1ccc(-c2ccc3c(c2)oc2ccc(-c4nc(-c5ccccc5)nc(-c5cccc(-c6ccc7c(c6)oc6ccccc67)c5)n4)cc23)cc1. The summed E-state index contributed by atoms with van der Waals surface area (Å²) in [7, 11) is 0. The summed E-state index contributed by atoms with van der Waals surface area (Å²) >= 11 is 0. The van der Waals surface area contributed by atoms with Crippen LogP contribution in [0.15, 0.2) is 173 Å². The second-order valence-corrected chi connectivity index (χ2v) is 12.5. The molecule has 0 fully saturated rings. The summed E-state index contributed by atoms with van der Waals surface area (Å²) in [5.74, 6) is 1.81. The van der Waals surface area contributed by atoms with Crippen molar-refractivity contribution in [3.63, 3.8) is 0 Å². The van der Waals surface area contributed by atoms with E-state index in [9.17, 15) is 0 Å². The van der Waals surface area contributed by atoms with Crippen LogP contribution in [0, 0.1) is 0 Å². The van der Waals surface area contributed by atoms with Crippen LogP contribution < -0.4 is 0 Å². The number of benzene rings is 7. The van der Waals surface area contributed by atoms with Gasteiger partial charge >= 0.3 is 0 Å². The second kappa shape index (κ2) is 11.4. The van der Waals surface area contributed by atoms with Crippen LogP contribution in [0.5, 0.6) is 0 Å². The highest BCUT2D eigenvalue weighted by molar-refractivity contribution is 6.07. The quantitative estimate of drug-likeness (QED) is 0.187. The van der Waals surface area contributed by atoms with Gasteiger partial charge in [0.15, 0.2) is 17.5 Å². The third kappa shape index (κ3) is 4.83. The number of nitrogens with zero attached hydrogens (tertiary/aromatic N) is 3. The topological polar surface area (TPSA) is 65.0 Å². The van der Waals surface area contributed by atoms with Crippen molar-refractivity contribution in [2.24, 2.45) is 0 Å². The Hall–Kier alpha value is -6.85. The molecule has 5 heteroatoms. The smallest absolute Gasteiger partial charge is 0.164 e. The van der Waals surface area contributed by atoms with Crippen molar-refractivity contribution in [2.75, 3.05) is 0 Å². The van der Waals surface area contributed by atoms with Gasteiger partial charge in [-0.15, -0.1) is 0 Å². The van der Waals surface area contributed by atoms with Gasteiger partial charge in [-0.2, -0.15) is 0 Å². The first kappa shape index (κ1) is 28.2. The summed E-state index contributed by atoms with van der Waals surface area (Å²) in [6.07, 6.45) is 0. The molecule has 0 aliphatic rings. The molecule has 0 unspecified atom stereocenters. The van der Waals surface area contributed by atoms with Crippen molar-refractivity contribution in [3.05, 3.63) is 164 Å². The van der Waals surface area contributed by atoms with Crippen molar-refractivity contribution < 1.29 is 8.83 Å². The normalized spacial score (nSPS) is 11.6. The summed E-state index contributed by atoms with van der Waals surface area (Å²) in [5.41, 5.74) is 10.5. The minimum Gasteiger partial charge on any atom is -0.456 e. The molecular formula is C45H27N3O2. The predicted octanol–water partition coefficient (Wildman–Crippen LogP) is 12.0. The van der Waals surface area contributed by atoms with E-state index in [0.29, 0.717) is 17.5 Å². The third-order valence-electron chi connectivity index (χ3n) is 9.34. The van der Waals surface area contributed by atoms with Gasteiger partial charge < -0.3 is 8.83 Å². The van der Waals surface area contributed by atoms with Crippen molar-refractivity contribution in [1.82, 2.24) is 15.0 Å². The van der Waals surface area contributed by atoms with Gasteiger partial charge in [0.05, 0.1) is 0 Å². The Bertz CT molecular complexity index is 2870. The molecule has 0 amide bonds. The van der Waals surface area contributed by atoms with Crippen LogP contribution in [0.2, 0.25) is 0 Å². The van der Waals surface area contributed by atoms with Crippen LogP contribution in [-0.2, 0) is 0 Å². The molecule has 234 valence electrons. The van der Waals surface area contributed by atoms with Gasteiger partial charge in [0.25, 0.3) is 0 Å². The van der Waals surface area contributed by atoms with E-state index in [1.165, 1.54) is 0 Å². The first-order chi connectivity index (χ1) is 24.7. The van der Waals surface area contributed by atoms with E-state index in [-0.39, 0.29) is 0 Å². The molecule has 0 saturated heterocycles. The molecule has 10 aromatic rings. The Kier molecular flexibility index (Phi) is 6.42. The molecule has 0 aliphatic heterocycles.